The zero-order valence-corrected chi connectivity index (χ0v) is 15.9. The number of rotatable bonds is 6. The number of nitrogens with one attached hydrogen (secondary N) is 1. The quantitative estimate of drug-likeness (QED) is 0.786. The molecular formula is C21H23NO5. The Balaban J connectivity index is 1.89. The predicted molar refractivity (Wildman–Crippen MR) is 102 cm³/mol. The van der Waals surface area contributed by atoms with Crippen molar-refractivity contribution in [3.63, 3.8) is 0 Å². The molecule has 1 N–H and O–H groups in total. The average molecular weight is 369 g/mol. The van der Waals surface area contributed by atoms with Crippen molar-refractivity contribution in [1.29, 1.82) is 0 Å². The van der Waals surface area contributed by atoms with E-state index in [4.69, 9.17) is 9.47 Å². The standard InChI is InChI=1S/C21H23NO5/c1-13(2)27-20(24)16-8-10-17(11-9-16)22-19(23)12-26-21(25)18-7-5-6-14(3)15(18)4/h5-11,13H,12H2,1-4H3,(H,22,23). The molecule has 1 amide bonds. The van der Waals surface area contributed by atoms with E-state index in [9.17, 15) is 14.4 Å². The van der Waals surface area contributed by atoms with Crippen LogP contribution in [0, 0.1) is 13.8 Å². The molecule has 6 nitrogen and oxygen atoms in total. The zero-order chi connectivity index (χ0) is 20.0. The molecule has 0 saturated carbocycles. The smallest absolute Gasteiger partial charge is 0.338 e. The van der Waals surface area contributed by atoms with Gasteiger partial charge in [-0.1, -0.05) is 12.1 Å². The lowest BCUT2D eigenvalue weighted by Crippen LogP contribution is -2.21. The fourth-order valence-corrected chi connectivity index (χ4v) is 2.35. The lowest BCUT2D eigenvalue weighted by Gasteiger charge is -2.10. The number of anilines is 1. The largest absolute Gasteiger partial charge is 0.459 e. The van der Waals surface area contributed by atoms with E-state index >= 15 is 0 Å². The van der Waals surface area contributed by atoms with Crippen LogP contribution in [0.15, 0.2) is 42.5 Å². The number of ether oxygens (including phenoxy) is 2. The monoisotopic (exact) mass is 369 g/mol. The number of hydrogen-bond donors (Lipinski definition) is 1. The van der Waals surface area contributed by atoms with Gasteiger partial charge < -0.3 is 14.8 Å². The summed E-state index contributed by atoms with van der Waals surface area (Å²) < 4.78 is 10.2. The van der Waals surface area contributed by atoms with Crippen LogP contribution in [0.2, 0.25) is 0 Å². The first kappa shape index (κ1) is 20.2. The van der Waals surface area contributed by atoms with Crippen LogP contribution in [0.25, 0.3) is 0 Å². The van der Waals surface area contributed by atoms with Crippen molar-refractivity contribution in [2.75, 3.05) is 11.9 Å². The molecule has 0 spiro atoms. The summed E-state index contributed by atoms with van der Waals surface area (Å²) in [6.45, 7) is 6.87. The van der Waals surface area contributed by atoms with Crippen molar-refractivity contribution in [2.45, 2.75) is 33.8 Å². The van der Waals surface area contributed by atoms with Crippen LogP contribution in [-0.4, -0.2) is 30.6 Å². The average Bonchev–Trinajstić information content (AvgIpc) is 2.62. The molecule has 2 rings (SSSR count). The van der Waals surface area contributed by atoms with Crippen LogP contribution in [0.5, 0.6) is 0 Å². The summed E-state index contributed by atoms with van der Waals surface area (Å²) >= 11 is 0. The molecule has 27 heavy (non-hydrogen) atoms. The molecule has 0 aliphatic heterocycles. The van der Waals surface area contributed by atoms with Crippen molar-refractivity contribution < 1.29 is 23.9 Å². The molecule has 0 heterocycles. The Morgan fingerprint density at radius 3 is 2.26 bits per heavy atom. The Morgan fingerprint density at radius 1 is 0.963 bits per heavy atom. The fourth-order valence-electron chi connectivity index (χ4n) is 2.35. The number of carbonyl (C=O) groups is 3. The number of esters is 2. The summed E-state index contributed by atoms with van der Waals surface area (Å²) in [5.41, 5.74) is 3.12. The van der Waals surface area contributed by atoms with Gasteiger partial charge in [0, 0.05) is 5.69 Å². The summed E-state index contributed by atoms with van der Waals surface area (Å²) in [6, 6.07) is 11.6. The third kappa shape index (κ3) is 5.67. The highest BCUT2D eigenvalue weighted by Crippen LogP contribution is 2.14. The summed E-state index contributed by atoms with van der Waals surface area (Å²) in [4.78, 5) is 35.9. The van der Waals surface area contributed by atoms with E-state index in [1.165, 1.54) is 0 Å². The third-order valence-electron chi connectivity index (χ3n) is 3.91. The van der Waals surface area contributed by atoms with E-state index in [2.05, 4.69) is 5.32 Å². The number of carbonyl (C=O) groups excluding carboxylic acids is 3. The van der Waals surface area contributed by atoms with Crippen molar-refractivity contribution in [2.24, 2.45) is 0 Å². The fraction of sp³-hybridized carbons (Fsp3) is 0.286. The van der Waals surface area contributed by atoms with E-state index < -0.39 is 24.5 Å². The molecule has 0 aliphatic carbocycles. The zero-order valence-electron chi connectivity index (χ0n) is 15.9. The van der Waals surface area contributed by atoms with Gasteiger partial charge in [0.1, 0.15) is 0 Å². The molecule has 0 aromatic heterocycles. The maximum absolute atomic E-state index is 12.1. The molecule has 2 aromatic carbocycles. The van der Waals surface area contributed by atoms with Crippen LogP contribution in [-0.2, 0) is 14.3 Å². The van der Waals surface area contributed by atoms with E-state index in [1.54, 1.807) is 50.2 Å². The maximum Gasteiger partial charge on any atom is 0.338 e. The van der Waals surface area contributed by atoms with Gasteiger partial charge in [-0.3, -0.25) is 4.79 Å². The number of aryl methyl sites for hydroxylation is 1. The van der Waals surface area contributed by atoms with E-state index in [-0.39, 0.29) is 6.10 Å². The molecule has 2 aromatic rings. The predicted octanol–water partition coefficient (Wildman–Crippen LogP) is 3.66. The van der Waals surface area contributed by atoms with Gasteiger partial charge in [0.25, 0.3) is 5.91 Å². The first-order valence-electron chi connectivity index (χ1n) is 8.62. The van der Waals surface area contributed by atoms with Crippen molar-refractivity contribution in [3.05, 3.63) is 64.7 Å². The normalized spacial score (nSPS) is 10.4. The minimum absolute atomic E-state index is 0.205. The minimum atomic E-state index is -0.543. The topological polar surface area (TPSA) is 81.7 Å². The van der Waals surface area contributed by atoms with Gasteiger partial charge >= 0.3 is 11.9 Å². The molecule has 0 atom stereocenters. The van der Waals surface area contributed by atoms with Crippen LogP contribution in [0.1, 0.15) is 45.7 Å². The second-order valence-corrected chi connectivity index (χ2v) is 6.40. The van der Waals surface area contributed by atoms with Gasteiger partial charge in [0.05, 0.1) is 17.2 Å². The van der Waals surface area contributed by atoms with Crippen LogP contribution >= 0.6 is 0 Å². The van der Waals surface area contributed by atoms with Gasteiger partial charge in [-0.2, -0.15) is 0 Å². The highest BCUT2D eigenvalue weighted by molar-refractivity contribution is 5.96. The van der Waals surface area contributed by atoms with Crippen molar-refractivity contribution in [3.8, 4) is 0 Å². The SMILES string of the molecule is Cc1cccc(C(=O)OCC(=O)Nc2ccc(C(=O)OC(C)C)cc2)c1C. The van der Waals surface area contributed by atoms with Gasteiger partial charge in [-0.25, -0.2) is 9.59 Å². The summed E-state index contributed by atoms with van der Waals surface area (Å²) in [5.74, 6) is -1.44. The van der Waals surface area contributed by atoms with E-state index in [1.807, 2.05) is 19.9 Å². The molecular weight excluding hydrogens is 346 g/mol. The van der Waals surface area contributed by atoms with Crippen LogP contribution < -0.4 is 5.32 Å². The number of amides is 1. The first-order chi connectivity index (χ1) is 12.8. The Labute approximate surface area is 158 Å². The molecule has 6 heteroatoms. The summed E-state index contributed by atoms with van der Waals surface area (Å²) in [5, 5.41) is 2.61. The van der Waals surface area contributed by atoms with Crippen molar-refractivity contribution >= 4 is 23.5 Å². The Hall–Kier alpha value is -3.15. The number of benzene rings is 2. The van der Waals surface area contributed by atoms with Gasteiger partial charge in [0.15, 0.2) is 6.61 Å². The molecule has 0 radical (unpaired) electrons. The Morgan fingerprint density at radius 2 is 1.63 bits per heavy atom. The van der Waals surface area contributed by atoms with Gasteiger partial charge in [-0.15, -0.1) is 0 Å². The van der Waals surface area contributed by atoms with Gasteiger partial charge in [0.2, 0.25) is 0 Å². The highest BCUT2D eigenvalue weighted by atomic mass is 16.5. The second kappa shape index (κ2) is 8.98. The summed E-state index contributed by atoms with van der Waals surface area (Å²) in [6.07, 6.45) is -0.205. The first-order valence-corrected chi connectivity index (χ1v) is 8.62. The lowest BCUT2D eigenvalue weighted by molar-refractivity contribution is -0.119. The van der Waals surface area contributed by atoms with Crippen LogP contribution in [0.3, 0.4) is 0 Å². The Kier molecular flexibility index (Phi) is 6.71. The highest BCUT2D eigenvalue weighted by Gasteiger charge is 2.14. The van der Waals surface area contributed by atoms with E-state index in [0.29, 0.717) is 16.8 Å². The molecule has 142 valence electrons. The van der Waals surface area contributed by atoms with Crippen molar-refractivity contribution in [1.82, 2.24) is 0 Å². The maximum atomic E-state index is 12.1. The second-order valence-electron chi connectivity index (χ2n) is 6.40. The lowest BCUT2D eigenvalue weighted by atomic mass is 10.0. The van der Waals surface area contributed by atoms with Gasteiger partial charge in [-0.05, 0) is 69.2 Å². The molecule has 0 unspecified atom stereocenters. The summed E-state index contributed by atoms with van der Waals surface area (Å²) in [7, 11) is 0. The minimum Gasteiger partial charge on any atom is -0.459 e. The van der Waals surface area contributed by atoms with Crippen LogP contribution in [0.4, 0.5) is 5.69 Å². The molecule has 0 saturated heterocycles. The number of hydrogen-bond acceptors (Lipinski definition) is 5. The molecule has 0 aliphatic rings. The van der Waals surface area contributed by atoms with E-state index in [0.717, 1.165) is 11.1 Å². The molecule has 0 fully saturated rings. The Bertz CT molecular complexity index is 840. The molecule has 0 bridgehead atoms. The third-order valence-corrected chi connectivity index (χ3v) is 3.91.